The van der Waals surface area contributed by atoms with Crippen molar-refractivity contribution in [1.82, 2.24) is 19.5 Å². The number of carbonyl (C=O) groups excluding carboxylic acids is 1. The molecule has 0 unspecified atom stereocenters. The highest BCUT2D eigenvalue weighted by molar-refractivity contribution is 5.83. The second-order valence-electron chi connectivity index (χ2n) is 6.12. The Hall–Kier alpha value is -2.67. The summed E-state index contributed by atoms with van der Waals surface area (Å²) in [6.45, 7) is 4.22. The molecule has 1 atom stereocenters. The van der Waals surface area contributed by atoms with Crippen LogP contribution in [0.15, 0.2) is 35.1 Å². The summed E-state index contributed by atoms with van der Waals surface area (Å²) in [6.07, 6.45) is 0.690. The summed E-state index contributed by atoms with van der Waals surface area (Å²) in [5.74, 6) is -0.201. The van der Waals surface area contributed by atoms with Crippen molar-refractivity contribution >= 4 is 22.5 Å². The van der Waals surface area contributed by atoms with Crippen LogP contribution in [0, 0.1) is 6.92 Å². The van der Waals surface area contributed by atoms with Crippen LogP contribution in [0.3, 0.4) is 0 Å². The van der Waals surface area contributed by atoms with Crippen molar-refractivity contribution in [3.8, 4) is 0 Å². The van der Waals surface area contributed by atoms with Crippen LogP contribution in [0.25, 0.3) is 16.6 Å². The number of ether oxygens (including phenoxy) is 1. The van der Waals surface area contributed by atoms with Gasteiger partial charge in [-0.3, -0.25) is 4.79 Å². The zero-order valence-electron chi connectivity index (χ0n) is 14.7. The number of pyridine rings is 1. The molecule has 3 aromatic rings. The van der Waals surface area contributed by atoms with Gasteiger partial charge in [-0.25, -0.2) is 13.9 Å². The molecule has 2 aromatic heterocycles. The third-order valence-corrected chi connectivity index (χ3v) is 4.27. The number of methoxy groups -OCH3 is 1. The molecule has 0 saturated carbocycles. The normalized spacial score (nSPS) is 12.6. The van der Waals surface area contributed by atoms with Gasteiger partial charge in [0.1, 0.15) is 6.61 Å². The lowest BCUT2D eigenvalue weighted by Gasteiger charge is -2.15. The van der Waals surface area contributed by atoms with E-state index in [1.54, 1.807) is 4.40 Å². The van der Waals surface area contributed by atoms with Gasteiger partial charge in [0.15, 0.2) is 5.65 Å². The van der Waals surface area contributed by atoms with E-state index in [-0.39, 0.29) is 24.2 Å². The van der Waals surface area contributed by atoms with Crippen LogP contribution >= 0.6 is 0 Å². The van der Waals surface area contributed by atoms with Crippen LogP contribution in [0.5, 0.6) is 0 Å². The van der Waals surface area contributed by atoms with Gasteiger partial charge in [0.05, 0.1) is 12.1 Å². The second-order valence-corrected chi connectivity index (χ2v) is 6.12. The first-order chi connectivity index (χ1) is 12.0. The number of fused-ring (bicyclic) bond motifs is 3. The van der Waals surface area contributed by atoms with Crippen molar-refractivity contribution in [2.45, 2.75) is 32.9 Å². The molecule has 0 fully saturated rings. The number of hydrogen-bond acceptors (Lipinski definition) is 4. The quantitative estimate of drug-likeness (QED) is 0.736. The third kappa shape index (κ3) is 3.28. The van der Waals surface area contributed by atoms with Gasteiger partial charge in [-0.05, 0) is 36.4 Å². The predicted molar refractivity (Wildman–Crippen MR) is 95.8 cm³/mol. The Bertz CT molecular complexity index is 974. The topological polar surface area (TPSA) is 77.6 Å². The number of aryl methyl sites for hydroxylation is 1. The van der Waals surface area contributed by atoms with Crippen molar-refractivity contribution in [3.05, 3.63) is 46.4 Å². The molecular weight excluding hydrogens is 320 g/mol. The number of nitrogens with zero attached hydrogens (tertiary/aromatic N) is 3. The van der Waals surface area contributed by atoms with Gasteiger partial charge in [-0.15, -0.1) is 5.10 Å². The van der Waals surface area contributed by atoms with Gasteiger partial charge in [-0.1, -0.05) is 25.1 Å². The first-order valence-electron chi connectivity index (χ1n) is 8.31. The molecule has 0 bridgehead atoms. The van der Waals surface area contributed by atoms with E-state index in [0.717, 1.165) is 16.5 Å². The van der Waals surface area contributed by atoms with Crippen molar-refractivity contribution in [2.24, 2.45) is 0 Å². The van der Waals surface area contributed by atoms with Gasteiger partial charge in [0.25, 0.3) is 0 Å². The zero-order valence-corrected chi connectivity index (χ0v) is 14.7. The number of carbonyl (C=O) groups is 1. The van der Waals surface area contributed by atoms with Crippen molar-refractivity contribution in [1.29, 1.82) is 0 Å². The van der Waals surface area contributed by atoms with Gasteiger partial charge >= 0.3 is 5.69 Å². The maximum Gasteiger partial charge on any atom is 0.350 e. The average Bonchev–Trinajstić information content (AvgIpc) is 2.92. The summed E-state index contributed by atoms with van der Waals surface area (Å²) < 4.78 is 7.89. The number of amides is 1. The van der Waals surface area contributed by atoms with E-state index in [1.807, 2.05) is 44.2 Å². The number of para-hydroxylation sites is 1. The van der Waals surface area contributed by atoms with Crippen LogP contribution < -0.4 is 11.0 Å². The van der Waals surface area contributed by atoms with Crippen LogP contribution in [-0.4, -0.2) is 39.8 Å². The summed E-state index contributed by atoms with van der Waals surface area (Å²) in [5.41, 5.74) is 2.21. The van der Waals surface area contributed by atoms with Gasteiger partial charge in [0.2, 0.25) is 5.91 Å². The van der Waals surface area contributed by atoms with E-state index in [4.69, 9.17) is 4.74 Å². The van der Waals surface area contributed by atoms with Gasteiger partial charge in [-0.2, -0.15) is 0 Å². The molecule has 0 spiro atoms. The smallest absolute Gasteiger partial charge is 0.350 e. The highest BCUT2D eigenvalue weighted by Crippen LogP contribution is 2.18. The Kier molecular flexibility index (Phi) is 4.85. The molecule has 1 aromatic carbocycles. The maximum atomic E-state index is 12.9. The molecule has 3 rings (SSSR count). The number of aromatic nitrogens is 3. The van der Waals surface area contributed by atoms with E-state index in [0.29, 0.717) is 18.6 Å². The lowest BCUT2D eigenvalue weighted by Crippen LogP contribution is -2.41. The molecule has 2 heterocycles. The molecule has 1 amide bonds. The molecule has 0 radical (unpaired) electrons. The average molecular weight is 342 g/mol. The molecule has 25 heavy (non-hydrogen) atoms. The summed E-state index contributed by atoms with van der Waals surface area (Å²) in [7, 11) is 1.47. The van der Waals surface area contributed by atoms with E-state index >= 15 is 0 Å². The lowest BCUT2D eigenvalue weighted by atomic mass is 10.1. The van der Waals surface area contributed by atoms with Gasteiger partial charge < -0.3 is 10.1 Å². The van der Waals surface area contributed by atoms with Crippen LogP contribution in [0.2, 0.25) is 0 Å². The fourth-order valence-corrected chi connectivity index (χ4v) is 3.00. The number of benzene rings is 1. The number of hydrogen-bond donors (Lipinski definition) is 1. The van der Waals surface area contributed by atoms with Crippen molar-refractivity contribution in [2.75, 3.05) is 13.7 Å². The highest BCUT2D eigenvalue weighted by atomic mass is 16.5. The molecule has 7 nitrogen and oxygen atoms in total. The fraction of sp³-hybridized carbons (Fsp3) is 0.389. The summed E-state index contributed by atoms with van der Waals surface area (Å²) in [4.78, 5) is 24.6. The molecule has 0 aliphatic rings. The molecule has 0 aliphatic heterocycles. The van der Waals surface area contributed by atoms with Crippen LogP contribution in [-0.2, 0) is 16.1 Å². The highest BCUT2D eigenvalue weighted by Gasteiger charge is 2.17. The fourth-order valence-electron chi connectivity index (χ4n) is 3.00. The van der Waals surface area contributed by atoms with E-state index < -0.39 is 0 Å². The molecule has 1 N–H and O–H groups in total. The molecule has 0 aliphatic carbocycles. The number of nitrogens with one attached hydrogen (secondary N) is 1. The minimum absolute atomic E-state index is 0.000308. The van der Waals surface area contributed by atoms with E-state index in [2.05, 4.69) is 10.4 Å². The zero-order chi connectivity index (χ0) is 18.0. The van der Waals surface area contributed by atoms with Crippen LogP contribution in [0.4, 0.5) is 0 Å². The van der Waals surface area contributed by atoms with Crippen molar-refractivity contribution in [3.63, 3.8) is 0 Å². The molecule has 0 saturated heterocycles. The molecule has 132 valence electrons. The Morgan fingerprint density at radius 1 is 1.36 bits per heavy atom. The Balaban J connectivity index is 2.01. The minimum atomic E-state index is -0.201. The Morgan fingerprint density at radius 2 is 2.12 bits per heavy atom. The van der Waals surface area contributed by atoms with Gasteiger partial charge in [0, 0.05) is 13.2 Å². The lowest BCUT2D eigenvalue weighted by molar-refractivity contribution is -0.125. The van der Waals surface area contributed by atoms with E-state index in [9.17, 15) is 9.59 Å². The Labute approximate surface area is 145 Å². The number of rotatable bonds is 6. The largest absolute Gasteiger partial charge is 0.375 e. The maximum absolute atomic E-state index is 12.9. The molecule has 7 heteroatoms. The first kappa shape index (κ1) is 17.2. The first-order valence-corrected chi connectivity index (χ1v) is 8.31. The predicted octanol–water partition coefficient (Wildman–Crippen LogP) is 1.50. The monoisotopic (exact) mass is 342 g/mol. The minimum Gasteiger partial charge on any atom is -0.375 e. The summed E-state index contributed by atoms with van der Waals surface area (Å²) in [5, 5.41) is 8.35. The SMILES string of the molecule is CC[C@H](Cn1nc2c(C)cc3ccccc3n2c1=O)NC(=O)COC. The molecular formula is C18H22N4O3. The Morgan fingerprint density at radius 3 is 2.84 bits per heavy atom. The summed E-state index contributed by atoms with van der Waals surface area (Å²) >= 11 is 0. The van der Waals surface area contributed by atoms with Crippen molar-refractivity contribution < 1.29 is 9.53 Å². The standard InChI is InChI=1S/C18H22N4O3/c1-4-14(19-16(23)11-25-3)10-21-18(24)22-15-8-6-5-7-13(15)9-12(2)17(22)20-21/h5-9,14H,4,10-11H2,1-3H3,(H,19,23)/t14-/m1/s1. The summed E-state index contributed by atoms with van der Waals surface area (Å²) in [6, 6.07) is 9.58. The van der Waals surface area contributed by atoms with E-state index in [1.165, 1.54) is 11.8 Å². The van der Waals surface area contributed by atoms with Crippen LogP contribution in [0.1, 0.15) is 18.9 Å². The second kappa shape index (κ2) is 7.06. The third-order valence-electron chi connectivity index (χ3n) is 4.27.